The minimum absolute atomic E-state index is 0.0113. The van der Waals surface area contributed by atoms with Gasteiger partial charge >= 0.3 is 0 Å². The van der Waals surface area contributed by atoms with E-state index in [2.05, 4.69) is 12.2 Å². The first-order chi connectivity index (χ1) is 8.63. The zero-order chi connectivity index (χ0) is 13.1. The molecule has 18 heavy (non-hydrogen) atoms. The van der Waals surface area contributed by atoms with Crippen LogP contribution in [0.4, 0.5) is 0 Å². The number of imide groups is 1. The molecule has 1 aliphatic carbocycles. The number of rotatable bonds is 4. The van der Waals surface area contributed by atoms with Crippen molar-refractivity contribution in [3.05, 3.63) is 0 Å². The Balaban J connectivity index is 1.94. The Morgan fingerprint density at radius 1 is 1.28 bits per heavy atom. The zero-order valence-electron chi connectivity index (χ0n) is 11.4. The fourth-order valence-electron chi connectivity index (χ4n) is 3.09. The zero-order valence-corrected chi connectivity index (χ0v) is 11.4. The van der Waals surface area contributed by atoms with Gasteiger partial charge in [-0.1, -0.05) is 26.7 Å². The molecular weight excluding hydrogens is 228 g/mol. The van der Waals surface area contributed by atoms with Crippen LogP contribution in [0.5, 0.6) is 0 Å². The molecule has 1 N–H and O–H groups in total. The first-order valence-corrected chi connectivity index (χ1v) is 7.23. The lowest BCUT2D eigenvalue weighted by atomic mass is 9.85. The average molecular weight is 252 g/mol. The fourth-order valence-corrected chi connectivity index (χ4v) is 3.09. The van der Waals surface area contributed by atoms with Crippen LogP contribution in [0.1, 0.15) is 52.4 Å². The molecule has 4 nitrogen and oxygen atoms in total. The van der Waals surface area contributed by atoms with Gasteiger partial charge in [0.15, 0.2) is 0 Å². The van der Waals surface area contributed by atoms with Gasteiger partial charge in [0.05, 0.1) is 12.5 Å². The van der Waals surface area contributed by atoms with Crippen LogP contribution in [-0.2, 0) is 9.59 Å². The molecule has 1 aliphatic heterocycles. The minimum Gasteiger partial charge on any atom is -0.302 e. The molecule has 0 aromatic heterocycles. The summed E-state index contributed by atoms with van der Waals surface area (Å²) in [7, 11) is 0. The summed E-state index contributed by atoms with van der Waals surface area (Å²) in [5.41, 5.74) is 0. The van der Waals surface area contributed by atoms with E-state index < -0.39 is 0 Å². The maximum Gasteiger partial charge on any atom is 0.246 e. The Morgan fingerprint density at radius 2 is 2.00 bits per heavy atom. The van der Waals surface area contributed by atoms with Crippen LogP contribution in [0, 0.1) is 5.92 Å². The molecule has 0 spiro atoms. The molecule has 3 atom stereocenters. The number of hydrogen-bond acceptors (Lipinski definition) is 3. The van der Waals surface area contributed by atoms with Crippen molar-refractivity contribution in [3.63, 3.8) is 0 Å². The van der Waals surface area contributed by atoms with E-state index in [0.717, 1.165) is 12.8 Å². The molecule has 1 heterocycles. The van der Waals surface area contributed by atoms with Crippen molar-refractivity contribution in [2.24, 2.45) is 5.92 Å². The van der Waals surface area contributed by atoms with E-state index in [1.165, 1.54) is 24.2 Å². The van der Waals surface area contributed by atoms with Gasteiger partial charge in [-0.15, -0.1) is 0 Å². The van der Waals surface area contributed by atoms with Crippen LogP contribution in [0.3, 0.4) is 0 Å². The Kier molecular flexibility index (Phi) is 4.38. The van der Waals surface area contributed by atoms with E-state index in [1.54, 1.807) is 0 Å². The Labute approximate surface area is 109 Å². The van der Waals surface area contributed by atoms with Gasteiger partial charge in [-0.05, 0) is 25.2 Å². The Morgan fingerprint density at radius 3 is 2.67 bits per heavy atom. The van der Waals surface area contributed by atoms with Crippen LogP contribution in [0.15, 0.2) is 0 Å². The normalized spacial score (nSPS) is 33.2. The molecule has 102 valence electrons. The molecule has 2 rings (SSSR count). The largest absolute Gasteiger partial charge is 0.302 e. The molecule has 2 amide bonds. The van der Waals surface area contributed by atoms with Crippen molar-refractivity contribution in [2.45, 2.75) is 64.5 Å². The van der Waals surface area contributed by atoms with Gasteiger partial charge in [0.2, 0.25) is 11.8 Å². The van der Waals surface area contributed by atoms with Gasteiger partial charge in [0.25, 0.3) is 0 Å². The third-order valence-electron chi connectivity index (χ3n) is 4.22. The van der Waals surface area contributed by atoms with Crippen molar-refractivity contribution >= 4 is 11.8 Å². The monoisotopic (exact) mass is 252 g/mol. The molecule has 0 bridgehead atoms. The third kappa shape index (κ3) is 2.74. The standard InChI is InChI=1S/C14H24N2O2/c1-3-8-16-13(17)9-12(14(16)18)15-11-7-5-4-6-10(11)2/h10-12,15H,3-9H2,1-2H3. The summed E-state index contributed by atoms with van der Waals surface area (Å²) in [6.45, 7) is 4.79. The number of carbonyl (C=O) groups excluding carboxylic acids is 2. The predicted molar refractivity (Wildman–Crippen MR) is 70.0 cm³/mol. The van der Waals surface area contributed by atoms with E-state index in [4.69, 9.17) is 0 Å². The molecule has 1 saturated carbocycles. The van der Waals surface area contributed by atoms with Crippen molar-refractivity contribution in [1.29, 1.82) is 0 Å². The van der Waals surface area contributed by atoms with Crippen molar-refractivity contribution in [1.82, 2.24) is 10.2 Å². The van der Waals surface area contributed by atoms with Crippen LogP contribution in [-0.4, -0.2) is 35.3 Å². The van der Waals surface area contributed by atoms with Gasteiger partial charge in [0, 0.05) is 12.6 Å². The summed E-state index contributed by atoms with van der Waals surface area (Å²) < 4.78 is 0. The second-order valence-electron chi connectivity index (χ2n) is 5.68. The van der Waals surface area contributed by atoms with Gasteiger partial charge in [-0.3, -0.25) is 14.5 Å². The third-order valence-corrected chi connectivity index (χ3v) is 4.22. The summed E-state index contributed by atoms with van der Waals surface area (Å²) in [4.78, 5) is 25.3. The first-order valence-electron chi connectivity index (χ1n) is 7.23. The lowest BCUT2D eigenvalue weighted by Gasteiger charge is -2.31. The summed E-state index contributed by atoms with van der Waals surface area (Å²) in [5.74, 6) is 0.587. The fraction of sp³-hybridized carbons (Fsp3) is 0.857. The smallest absolute Gasteiger partial charge is 0.246 e. The van der Waals surface area contributed by atoms with E-state index >= 15 is 0 Å². The average Bonchev–Trinajstić information content (AvgIpc) is 2.60. The molecule has 0 radical (unpaired) electrons. The van der Waals surface area contributed by atoms with E-state index in [9.17, 15) is 9.59 Å². The van der Waals surface area contributed by atoms with Crippen molar-refractivity contribution in [3.8, 4) is 0 Å². The predicted octanol–water partition coefficient (Wildman–Crippen LogP) is 1.69. The number of likely N-dealkylation sites (tertiary alicyclic amines) is 1. The number of hydrogen-bond donors (Lipinski definition) is 1. The van der Waals surface area contributed by atoms with Crippen LogP contribution >= 0.6 is 0 Å². The lowest BCUT2D eigenvalue weighted by Crippen LogP contribution is -2.47. The van der Waals surface area contributed by atoms with Gasteiger partial charge in [0.1, 0.15) is 0 Å². The lowest BCUT2D eigenvalue weighted by molar-refractivity contribution is -0.138. The van der Waals surface area contributed by atoms with E-state index in [1.807, 2.05) is 6.92 Å². The molecular formula is C14H24N2O2. The number of carbonyl (C=O) groups is 2. The second-order valence-corrected chi connectivity index (χ2v) is 5.68. The highest BCUT2D eigenvalue weighted by Crippen LogP contribution is 2.25. The van der Waals surface area contributed by atoms with Crippen molar-refractivity contribution < 1.29 is 9.59 Å². The number of amides is 2. The van der Waals surface area contributed by atoms with Gasteiger partial charge in [-0.2, -0.15) is 0 Å². The van der Waals surface area contributed by atoms with E-state index in [0.29, 0.717) is 24.9 Å². The van der Waals surface area contributed by atoms with Crippen LogP contribution < -0.4 is 5.32 Å². The summed E-state index contributed by atoms with van der Waals surface area (Å²) >= 11 is 0. The highest BCUT2D eigenvalue weighted by Gasteiger charge is 2.39. The molecule has 4 heteroatoms. The van der Waals surface area contributed by atoms with Gasteiger partial charge in [-0.25, -0.2) is 0 Å². The van der Waals surface area contributed by atoms with Gasteiger partial charge < -0.3 is 5.32 Å². The maximum atomic E-state index is 12.1. The SMILES string of the molecule is CCCN1C(=O)CC(NC2CCCCC2C)C1=O. The summed E-state index contributed by atoms with van der Waals surface area (Å²) in [6, 6.07) is 0.136. The first kappa shape index (κ1) is 13.5. The Bertz CT molecular complexity index is 330. The summed E-state index contributed by atoms with van der Waals surface area (Å²) in [5, 5.41) is 3.42. The Hall–Kier alpha value is -0.900. The molecule has 0 aromatic carbocycles. The quantitative estimate of drug-likeness (QED) is 0.775. The van der Waals surface area contributed by atoms with Crippen molar-refractivity contribution in [2.75, 3.05) is 6.54 Å². The molecule has 3 unspecified atom stereocenters. The molecule has 0 aromatic rings. The van der Waals surface area contributed by atoms with E-state index in [-0.39, 0.29) is 17.9 Å². The topological polar surface area (TPSA) is 49.4 Å². The highest BCUT2D eigenvalue weighted by molar-refractivity contribution is 6.05. The number of nitrogens with one attached hydrogen (secondary N) is 1. The molecule has 1 saturated heterocycles. The minimum atomic E-state index is -0.269. The second kappa shape index (κ2) is 5.83. The molecule has 2 fully saturated rings. The van der Waals surface area contributed by atoms with Crippen LogP contribution in [0.2, 0.25) is 0 Å². The van der Waals surface area contributed by atoms with Crippen LogP contribution in [0.25, 0.3) is 0 Å². The highest BCUT2D eigenvalue weighted by atomic mass is 16.2. The maximum absolute atomic E-state index is 12.1. The molecule has 2 aliphatic rings. The summed E-state index contributed by atoms with van der Waals surface area (Å²) in [6.07, 6.45) is 6.07. The number of nitrogens with zero attached hydrogens (tertiary/aromatic N) is 1.